The van der Waals surface area contributed by atoms with Crippen LogP contribution in [-0.2, 0) is 20.9 Å². The summed E-state index contributed by atoms with van der Waals surface area (Å²) in [7, 11) is 0. The molecule has 0 bridgehead atoms. The zero-order valence-electron chi connectivity index (χ0n) is 11.8. The Hall–Kier alpha value is -2.77. The third-order valence-electron chi connectivity index (χ3n) is 3.35. The minimum absolute atomic E-state index is 0.0128. The van der Waals surface area contributed by atoms with E-state index >= 15 is 0 Å². The average Bonchev–Trinajstić information content (AvgIpc) is 2.82. The van der Waals surface area contributed by atoms with Crippen molar-refractivity contribution >= 4 is 23.4 Å². The number of imide groups is 1. The summed E-state index contributed by atoms with van der Waals surface area (Å²) in [6.07, 6.45) is 0.469. The normalized spacial score (nSPS) is 14.3. The molecule has 1 aromatic carbocycles. The molecule has 0 aliphatic carbocycles. The fourth-order valence-corrected chi connectivity index (χ4v) is 2.11. The van der Waals surface area contributed by atoms with Gasteiger partial charge in [-0.1, -0.05) is 12.1 Å². The van der Waals surface area contributed by atoms with Gasteiger partial charge >= 0.3 is 0 Å². The molecule has 0 spiro atoms. The molecule has 8 nitrogen and oxygen atoms in total. The van der Waals surface area contributed by atoms with E-state index in [0.29, 0.717) is 0 Å². The lowest BCUT2D eigenvalue weighted by Gasteiger charge is -2.13. The number of nitrogens with zero attached hydrogens (tertiary/aromatic N) is 2. The van der Waals surface area contributed by atoms with Gasteiger partial charge in [-0.25, -0.2) is 0 Å². The van der Waals surface area contributed by atoms with E-state index in [1.54, 1.807) is 12.1 Å². The molecule has 1 saturated heterocycles. The highest BCUT2D eigenvalue weighted by Gasteiger charge is 2.28. The molecule has 1 N–H and O–H groups in total. The summed E-state index contributed by atoms with van der Waals surface area (Å²) < 4.78 is 0. The number of likely N-dealkylation sites (tertiary alicyclic amines) is 1. The molecule has 2 rings (SSSR count). The van der Waals surface area contributed by atoms with Gasteiger partial charge in [0.2, 0.25) is 17.7 Å². The maximum absolute atomic E-state index is 11.7. The summed E-state index contributed by atoms with van der Waals surface area (Å²) in [5.41, 5.74) is 0.716. The molecule has 0 atom stereocenters. The van der Waals surface area contributed by atoms with E-state index in [1.807, 2.05) is 0 Å². The maximum atomic E-state index is 11.7. The second-order valence-electron chi connectivity index (χ2n) is 4.89. The quantitative estimate of drug-likeness (QED) is 0.474. The standard InChI is InChI=1S/C14H15N3O5/c18-12(7-8-16-13(19)5-6-14(16)20)15-9-10-1-3-11(4-2-10)17(21)22/h1-4H,5-9H2,(H,15,18). The minimum atomic E-state index is -0.494. The molecule has 0 unspecified atom stereocenters. The van der Waals surface area contributed by atoms with Crippen LogP contribution in [0, 0.1) is 10.1 Å². The monoisotopic (exact) mass is 305 g/mol. The Labute approximate surface area is 126 Å². The first-order chi connectivity index (χ1) is 10.5. The van der Waals surface area contributed by atoms with Gasteiger partial charge in [-0.2, -0.15) is 0 Å². The molecule has 1 heterocycles. The van der Waals surface area contributed by atoms with Crippen molar-refractivity contribution < 1.29 is 19.3 Å². The zero-order valence-corrected chi connectivity index (χ0v) is 11.8. The Bertz CT molecular complexity index is 595. The SMILES string of the molecule is O=C(CCN1C(=O)CCC1=O)NCc1ccc([N+](=O)[O-])cc1. The molecule has 1 aromatic rings. The number of carbonyl (C=O) groups excluding carboxylic acids is 3. The summed E-state index contributed by atoms with van der Waals surface area (Å²) in [5, 5.41) is 13.2. The van der Waals surface area contributed by atoms with Gasteiger partial charge in [0.05, 0.1) is 4.92 Å². The van der Waals surface area contributed by atoms with Crippen LogP contribution < -0.4 is 5.32 Å². The summed E-state index contributed by atoms with van der Waals surface area (Å²) in [5.74, 6) is -0.771. The smallest absolute Gasteiger partial charge is 0.269 e. The molecule has 1 fully saturated rings. The topological polar surface area (TPSA) is 110 Å². The summed E-state index contributed by atoms with van der Waals surface area (Å²) in [4.78, 5) is 45.6. The van der Waals surface area contributed by atoms with E-state index in [2.05, 4.69) is 5.32 Å². The number of nitrogens with one attached hydrogen (secondary N) is 1. The van der Waals surface area contributed by atoms with Crippen molar-refractivity contribution in [2.24, 2.45) is 0 Å². The molecule has 3 amide bonds. The highest BCUT2D eigenvalue weighted by atomic mass is 16.6. The fraction of sp³-hybridized carbons (Fsp3) is 0.357. The van der Waals surface area contributed by atoms with Crippen molar-refractivity contribution in [3.8, 4) is 0 Å². The number of amides is 3. The van der Waals surface area contributed by atoms with Crippen LogP contribution in [0.15, 0.2) is 24.3 Å². The highest BCUT2D eigenvalue weighted by molar-refractivity contribution is 6.02. The molecular formula is C14H15N3O5. The van der Waals surface area contributed by atoms with Gasteiger partial charge in [0, 0.05) is 44.5 Å². The number of nitro groups is 1. The number of rotatable bonds is 6. The number of non-ortho nitro benzene ring substituents is 1. The van der Waals surface area contributed by atoms with Crippen LogP contribution in [0.4, 0.5) is 5.69 Å². The van der Waals surface area contributed by atoms with Gasteiger partial charge in [0.1, 0.15) is 0 Å². The molecule has 0 radical (unpaired) electrons. The lowest BCUT2D eigenvalue weighted by Crippen LogP contribution is -2.34. The number of benzene rings is 1. The lowest BCUT2D eigenvalue weighted by molar-refractivity contribution is -0.384. The van der Waals surface area contributed by atoms with Crippen LogP contribution in [-0.4, -0.2) is 34.1 Å². The van der Waals surface area contributed by atoms with Gasteiger partial charge < -0.3 is 5.32 Å². The van der Waals surface area contributed by atoms with E-state index in [0.717, 1.165) is 10.5 Å². The minimum Gasteiger partial charge on any atom is -0.352 e. The molecule has 0 aromatic heterocycles. The predicted octanol–water partition coefficient (Wildman–Crippen LogP) is 0.750. The van der Waals surface area contributed by atoms with Crippen molar-refractivity contribution in [1.29, 1.82) is 0 Å². The number of hydrogen-bond acceptors (Lipinski definition) is 5. The van der Waals surface area contributed by atoms with E-state index < -0.39 is 4.92 Å². The van der Waals surface area contributed by atoms with Crippen molar-refractivity contribution in [2.75, 3.05) is 6.54 Å². The first-order valence-corrected chi connectivity index (χ1v) is 6.80. The van der Waals surface area contributed by atoms with Crippen LogP contribution in [0.5, 0.6) is 0 Å². The highest BCUT2D eigenvalue weighted by Crippen LogP contribution is 2.13. The van der Waals surface area contributed by atoms with Gasteiger partial charge in [-0.15, -0.1) is 0 Å². The Morgan fingerprint density at radius 2 is 1.77 bits per heavy atom. The largest absolute Gasteiger partial charge is 0.352 e. The van der Waals surface area contributed by atoms with Crippen molar-refractivity contribution in [3.63, 3.8) is 0 Å². The van der Waals surface area contributed by atoms with Gasteiger partial charge in [0.25, 0.3) is 5.69 Å². The maximum Gasteiger partial charge on any atom is 0.269 e. The molecule has 0 saturated carbocycles. The second kappa shape index (κ2) is 6.79. The van der Waals surface area contributed by atoms with Crippen LogP contribution in [0.1, 0.15) is 24.8 Å². The van der Waals surface area contributed by atoms with Gasteiger partial charge in [0.15, 0.2) is 0 Å². The summed E-state index contributed by atoms with van der Waals surface area (Å²) in [6.45, 7) is 0.322. The third-order valence-corrected chi connectivity index (χ3v) is 3.35. The summed E-state index contributed by atoms with van der Waals surface area (Å²) in [6, 6.07) is 5.85. The van der Waals surface area contributed by atoms with E-state index in [4.69, 9.17) is 0 Å². The molecule has 1 aliphatic heterocycles. The number of nitro benzene ring substituents is 1. The molecule has 8 heteroatoms. The van der Waals surface area contributed by atoms with Crippen LogP contribution in [0.25, 0.3) is 0 Å². The zero-order chi connectivity index (χ0) is 16.1. The number of carbonyl (C=O) groups is 3. The van der Waals surface area contributed by atoms with Crippen molar-refractivity contribution in [1.82, 2.24) is 10.2 Å². The fourth-order valence-electron chi connectivity index (χ4n) is 2.11. The van der Waals surface area contributed by atoms with Crippen LogP contribution >= 0.6 is 0 Å². The van der Waals surface area contributed by atoms with Crippen molar-refractivity contribution in [2.45, 2.75) is 25.8 Å². The average molecular weight is 305 g/mol. The Kier molecular flexibility index (Phi) is 4.82. The molecular weight excluding hydrogens is 290 g/mol. The van der Waals surface area contributed by atoms with E-state index in [1.165, 1.54) is 12.1 Å². The Morgan fingerprint density at radius 1 is 1.18 bits per heavy atom. The first-order valence-electron chi connectivity index (χ1n) is 6.80. The lowest BCUT2D eigenvalue weighted by atomic mass is 10.2. The van der Waals surface area contributed by atoms with E-state index in [9.17, 15) is 24.5 Å². The van der Waals surface area contributed by atoms with Crippen LogP contribution in [0.2, 0.25) is 0 Å². The number of hydrogen-bond donors (Lipinski definition) is 1. The first kappa shape index (κ1) is 15.6. The second-order valence-corrected chi connectivity index (χ2v) is 4.89. The predicted molar refractivity (Wildman–Crippen MR) is 75.5 cm³/mol. The van der Waals surface area contributed by atoms with Crippen LogP contribution in [0.3, 0.4) is 0 Å². The molecule has 116 valence electrons. The Balaban J connectivity index is 1.76. The third kappa shape index (κ3) is 3.87. The van der Waals surface area contributed by atoms with E-state index in [-0.39, 0.29) is 55.8 Å². The molecule has 22 heavy (non-hydrogen) atoms. The summed E-state index contributed by atoms with van der Waals surface area (Å²) >= 11 is 0. The van der Waals surface area contributed by atoms with Gasteiger partial charge in [-0.3, -0.25) is 29.4 Å². The Morgan fingerprint density at radius 3 is 2.32 bits per heavy atom. The molecule has 1 aliphatic rings. The van der Waals surface area contributed by atoms with Gasteiger partial charge in [-0.05, 0) is 5.56 Å². The van der Waals surface area contributed by atoms with Crippen molar-refractivity contribution in [3.05, 3.63) is 39.9 Å².